The summed E-state index contributed by atoms with van der Waals surface area (Å²) >= 11 is 0. The molecule has 1 aliphatic rings. The Bertz CT molecular complexity index is 911. The summed E-state index contributed by atoms with van der Waals surface area (Å²) in [5.41, 5.74) is 1.60. The Balaban J connectivity index is 1.41. The second-order valence-electron chi connectivity index (χ2n) is 7.19. The molecular weight excluding hydrogens is 393 g/mol. The number of aryl methyl sites for hydroxylation is 1. The predicted octanol–water partition coefficient (Wildman–Crippen LogP) is 2.63. The first-order chi connectivity index (χ1) is 13.9. The monoisotopic (exact) mass is 421 g/mol. The van der Waals surface area contributed by atoms with Gasteiger partial charge in [-0.15, -0.1) is 0 Å². The number of anilines is 1. The number of nitrogens with zero attached hydrogens (tertiary/aromatic N) is 2. The number of ether oxygens (including phenoxy) is 1. The van der Waals surface area contributed by atoms with Crippen LogP contribution in [0.15, 0.2) is 47.4 Å². The predicted molar refractivity (Wildman–Crippen MR) is 113 cm³/mol. The van der Waals surface area contributed by atoms with Crippen LogP contribution in [-0.4, -0.2) is 59.7 Å². The number of nitrogens with one attached hydrogen (secondary N) is 1. The zero-order chi connectivity index (χ0) is 20.9. The van der Waals surface area contributed by atoms with E-state index in [2.05, 4.69) is 26.7 Å². The molecule has 158 valence electrons. The van der Waals surface area contributed by atoms with E-state index in [4.69, 9.17) is 4.74 Å². The highest BCUT2D eigenvalue weighted by Crippen LogP contribution is 2.20. The zero-order valence-corrected chi connectivity index (χ0v) is 17.7. The SMILES string of the molecule is COc1ccc(N2CCN(CCCNS(=O)(=O)c3ccc(F)cc3C)CC2)cc1. The van der Waals surface area contributed by atoms with Crippen LogP contribution < -0.4 is 14.4 Å². The number of methoxy groups -OCH3 is 1. The van der Waals surface area contributed by atoms with Crippen molar-refractivity contribution in [2.75, 3.05) is 51.3 Å². The molecule has 0 unspecified atom stereocenters. The highest BCUT2D eigenvalue weighted by molar-refractivity contribution is 7.89. The van der Waals surface area contributed by atoms with Crippen molar-refractivity contribution in [2.45, 2.75) is 18.2 Å². The van der Waals surface area contributed by atoms with Crippen LogP contribution in [0.5, 0.6) is 5.75 Å². The normalized spacial score (nSPS) is 15.5. The van der Waals surface area contributed by atoms with Crippen molar-refractivity contribution >= 4 is 15.7 Å². The Morgan fingerprint density at radius 3 is 2.38 bits per heavy atom. The van der Waals surface area contributed by atoms with Gasteiger partial charge in [0.2, 0.25) is 10.0 Å². The number of benzene rings is 2. The lowest BCUT2D eigenvalue weighted by Crippen LogP contribution is -2.47. The van der Waals surface area contributed by atoms with Gasteiger partial charge in [0, 0.05) is 38.4 Å². The lowest BCUT2D eigenvalue weighted by atomic mass is 10.2. The third-order valence-electron chi connectivity index (χ3n) is 5.18. The lowest BCUT2D eigenvalue weighted by molar-refractivity contribution is 0.255. The third-order valence-corrected chi connectivity index (χ3v) is 6.80. The molecular formula is C21H28FN3O3S. The van der Waals surface area contributed by atoms with Crippen molar-refractivity contribution in [2.24, 2.45) is 0 Å². The molecule has 6 nitrogen and oxygen atoms in total. The van der Waals surface area contributed by atoms with Crippen molar-refractivity contribution < 1.29 is 17.5 Å². The molecule has 1 N–H and O–H groups in total. The topological polar surface area (TPSA) is 61.9 Å². The van der Waals surface area contributed by atoms with Gasteiger partial charge in [0.1, 0.15) is 11.6 Å². The third kappa shape index (κ3) is 5.68. The van der Waals surface area contributed by atoms with Crippen molar-refractivity contribution in [3.05, 3.63) is 53.8 Å². The second kappa shape index (κ2) is 9.56. The summed E-state index contributed by atoms with van der Waals surface area (Å²) < 4.78 is 45.8. The first-order valence-electron chi connectivity index (χ1n) is 9.76. The van der Waals surface area contributed by atoms with E-state index in [9.17, 15) is 12.8 Å². The molecule has 0 bridgehead atoms. The highest BCUT2D eigenvalue weighted by atomic mass is 32.2. The number of hydrogen-bond donors (Lipinski definition) is 1. The second-order valence-corrected chi connectivity index (χ2v) is 8.92. The molecule has 0 spiro atoms. The molecule has 0 radical (unpaired) electrons. The quantitative estimate of drug-likeness (QED) is 0.664. The molecule has 8 heteroatoms. The smallest absolute Gasteiger partial charge is 0.240 e. The van der Waals surface area contributed by atoms with E-state index in [1.54, 1.807) is 14.0 Å². The van der Waals surface area contributed by atoms with Crippen LogP contribution in [0.4, 0.5) is 10.1 Å². The maximum Gasteiger partial charge on any atom is 0.240 e. The molecule has 1 aliphatic heterocycles. The van der Waals surface area contributed by atoms with Gasteiger partial charge in [0.25, 0.3) is 0 Å². The minimum Gasteiger partial charge on any atom is -0.497 e. The fourth-order valence-corrected chi connectivity index (χ4v) is 4.82. The first-order valence-corrected chi connectivity index (χ1v) is 11.2. The number of rotatable bonds is 8. The van der Waals surface area contributed by atoms with Crippen molar-refractivity contribution in [3.8, 4) is 5.75 Å². The molecule has 0 amide bonds. The van der Waals surface area contributed by atoms with Crippen LogP contribution >= 0.6 is 0 Å². The standard InChI is InChI=1S/C21H28FN3O3S/c1-17-16-18(22)4-9-21(17)29(26,27)23-10-3-11-24-12-14-25(15-13-24)19-5-7-20(28-2)8-6-19/h4-9,16,23H,3,10-15H2,1-2H3. The molecule has 2 aromatic carbocycles. The van der Waals surface area contributed by atoms with Crippen LogP contribution in [0, 0.1) is 12.7 Å². The first kappa shape index (κ1) is 21.5. The van der Waals surface area contributed by atoms with Crippen molar-refractivity contribution in [1.29, 1.82) is 0 Å². The van der Waals surface area contributed by atoms with Crippen molar-refractivity contribution in [3.63, 3.8) is 0 Å². The summed E-state index contributed by atoms with van der Waals surface area (Å²) in [4.78, 5) is 4.82. The molecule has 0 atom stereocenters. The Morgan fingerprint density at radius 2 is 1.76 bits per heavy atom. The van der Waals surface area contributed by atoms with E-state index in [1.807, 2.05) is 12.1 Å². The molecule has 3 rings (SSSR count). The van der Waals surface area contributed by atoms with E-state index >= 15 is 0 Å². The lowest BCUT2D eigenvalue weighted by Gasteiger charge is -2.36. The van der Waals surface area contributed by atoms with Gasteiger partial charge < -0.3 is 9.64 Å². The van der Waals surface area contributed by atoms with Crippen LogP contribution in [0.2, 0.25) is 0 Å². The minimum absolute atomic E-state index is 0.131. The van der Waals surface area contributed by atoms with E-state index in [1.165, 1.54) is 23.9 Å². The van der Waals surface area contributed by atoms with Gasteiger partial charge in [-0.3, -0.25) is 4.90 Å². The van der Waals surface area contributed by atoms with Crippen LogP contribution in [0.1, 0.15) is 12.0 Å². The number of sulfonamides is 1. The molecule has 0 aliphatic carbocycles. The summed E-state index contributed by atoms with van der Waals surface area (Å²) in [5.74, 6) is 0.418. The maximum absolute atomic E-state index is 13.2. The van der Waals surface area contributed by atoms with Crippen LogP contribution in [0.3, 0.4) is 0 Å². The van der Waals surface area contributed by atoms with E-state index in [0.717, 1.165) is 44.9 Å². The van der Waals surface area contributed by atoms with E-state index in [-0.39, 0.29) is 4.90 Å². The zero-order valence-electron chi connectivity index (χ0n) is 16.9. The van der Waals surface area contributed by atoms with Crippen LogP contribution in [0.25, 0.3) is 0 Å². The number of halogens is 1. The van der Waals surface area contributed by atoms with Gasteiger partial charge in [-0.05, 0) is 67.9 Å². The van der Waals surface area contributed by atoms with Gasteiger partial charge in [-0.1, -0.05) is 0 Å². The molecule has 1 saturated heterocycles. The maximum atomic E-state index is 13.2. The number of piperazine rings is 1. The van der Waals surface area contributed by atoms with Gasteiger partial charge in [0.05, 0.1) is 12.0 Å². The summed E-state index contributed by atoms with van der Waals surface area (Å²) in [6.07, 6.45) is 0.724. The molecule has 2 aromatic rings. The summed E-state index contributed by atoms with van der Waals surface area (Å²) in [5, 5.41) is 0. The fraction of sp³-hybridized carbons (Fsp3) is 0.429. The molecule has 1 heterocycles. The Hall–Kier alpha value is -2.16. The summed E-state index contributed by atoms with van der Waals surface area (Å²) in [7, 11) is -1.95. The average molecular weight is 422 g/mol. The summed E-state index contributed by atoms with van der Waals surface area (Å²) in [6, 6.07) is 11.8. The summed E-state index contributed by atoms with van der Waals surface area (Å²) in [6.45, 7) is 6.55. The van der Waals surface area contributed by atoms with Crippen LogP contribution in [-0.2, 0) is 10.0 Å². The van der Waals surface area contributed by atoms with Gasteiger partial charge in [-0.25, -0.2) is 17.5 Å². The minimum atomic E-state index is -3.61. The van der Waals surface area contributed by atoms with Gasteiger partial charge >= 0.3 is 0 Å². The highest BCUT2D eigenvalue weighted by Gasteiger charge is 2.19. The molecule has 0 aromatic heterocycles. The Morgan fingerprint density at radius 1 is 1.07 bits per heavy atom. The Labute approximate surface area is 172 Å². The Kier molecular flexibility index (Phi) is 7.10. The van der Waals surface area contributed by atoms with E-state index < -0.39 is 15.8 Å². The van der Waals surface area contributed by atoms with Crippen molar-refractivity contribution in [1.82, 2.24) is 9.62 Å². The van der Waals surface area contributed by atoms with E-state index in [0.29, 0.717) is 12.1 Å². The molecule has 1 fully saturated rings. The molecule has 29 heavy (non-hydrogen) atoms. The van der Waals surface area contributed by atoms with Gasteiger partial charge in [-0.2, -0.15) is 0 Å². The number of hydrogen-bond acceptors (Lipinski definition) is 5. The molecule has 0 saturated carbocycles. The van der Waals surface area contributed by atoms with Gasteiger partial charge in [0.15, 0.2) is 0 Å². The fourth-order valence-electron chi connectivity index (χ4n) is 3.52. The average Bonchev–Trinajstić information content (AvgIpc) is 2.71. The largest absolute Gasteiger partial charge is 0.497 e.